The third kappa shape index (κ3) is 5.14. The summed E-state index contributed by atoms with van der Waals surface area (Å²) >= 11 is 0. The summed E-state index contributed by atoms with van der Waals surface area (Å²) < 4.78 is 5.36. The third-order valence-corrected chi connectivity index (χ3v) is 4.21. The number of hydrogen-bond donors (Lipinski definition) is 1. The van der Waals surface area contributed by atoms with Crippen molar-refractivity contribution in [3.8, 4) is 0 Å². The molecule has 0 spiro atoms. The van der Waals surface area contributed by atoms with Gasteiger partial charge in [-0.25, -0.2) is 0 Å². The average Bonchev–Trinajstić information content (AvgIpc) is 2.53. The molecule has 4 nitrogen and oxygen atoms in total. The van der Waals surface area contributed by atoms with E-state index in [1.807, 2.05) is 37.4 Å². The van der Waals surface area contributed by atoms with E-state index in [4.69, 9.17) is 10.5 Å². The molecule has 1 saturated heterocycles. The molecule has 0 unspecified atom stereocenters. The summed E-state index contributed by atoms with van der Waals surface area (Å²) in [6.45, 7) is 2.50. The van der Waals surface area contributed by atoms with E-state index in [-0.39, 0.29) is 5.91 Å². The predicted molar refractivity (Wildman–Crippen MR) is 83.9 cm³/mol. The van der Waals surface area contributed by atoms with Gasteiger partial charge in [0.25, 0.3) is 0 Å². The summed E-state index contributed by atoms with van der Waals surface area (Å²) in [6, 6.07) is 9.48. The number of likely N-dealkylation sites (N-methyl/N-ethyl adjacent to an activating group) is 1. The Balaban J connectivity index is 1.75. The van der Waals surface area contributed by atoms with Crippen LogP contribution in [0.2, 0.25) is 0 Å². The van der Waals surface area contributed by atoms with Gasteiger partial charge in [-0.3, -0.25) is 4.79 Å². The Labute approximate surface area is 127 Å². The van der Waals surface area contributed by atoms with Gasteiger partial charge in [0.1, 0.15) is 0 Å². The van der Waals surface area contributed by atoms with E-state index in [1.165, 1.54) is 0 Å². The van der Waals surface area contributed by atoms with Gasteiger partial charge in [0.15, 0.2) is 0 Å². The highest BCUT2D eigenvalue weighted by Gasteiger charge is 2.20. The summed E-state index contributed by atoms with van der Waals surface area (Å²) in [4.78, 5) is 14.1. The standard InChI is InChI=1S/C17H26N2O2/c1-19(10-7-14-8-11-21-12-9-14)17(20)16(18)13-15-5-3-2-4-6-15/h2-6,14,16H,7-13,18H2,1H3/t16-/m1/s1. The van der Waals surface area contributed by atoms with Crippen molar-refractivity contribution in [1.82, 2.24) is 4.90 Å². The maximum Gasteiger partial charge on any atom is 0.239 e. The van der Waals surface area contributed by atoms with Crippen molar-refractivity contribution < 1.29 is 9.53 Å². The van der Waals surface area contributed by atoms with Crippen molar-refractivity contribution in [3.05, 3.63) is 35.9 Å². The molecule has 0 radical (unpaired) electrons. The molecule has 1 heterocycles. The lowest BCUT2D eigenvalue weighted by Gasteiger charge is -2.26. The van der Waals surface area contributed by atoms with Crippen LogP contribution in [0.15, 0.2) is 30.3 Å². The normalized spacial score (nSPS) is 17.4. The SMILES string of the molecule is CN(CCC1CCOCC1)C(=O)[C@H](N)Cc1ccccc1. The molecule has 1 aromatic carbocycles. The fraction of sp³-hybridized carbons (Fsp3) is 0.588. The predicted octanol–water partition coefficient (Wildman–Crippen LogP) is 1.83. The molecule has 21 heavy (non-hydrogen) atoms. The van der Waals surface area contributed by atoms with Crippen LogP contribution in [0.1, 0.15) is 24.8 Å². The monoisotopic (exact) mass is 290 g/mol. The van der Waals surface area contributed by atoms with E-state index in [1.54, 1.807) is 4.90 Å². The van der Waals surface area contributed by atoms with Crippen molar-refractivity contribution in [1.29, 1.82) is 0 Å². The van der Waals surface area contributed by atoms with E-state index in [0.29, 0.717) is 12.3 Å². The maximum absolute atomic E-state index is 12.3. The van der Waals surface area contributed by atoms with E-state index >= 15 is 0 Å². The smallest absolute Gasteiger partial charge is 0.239 e. The van der Waals surface area contributed by atoms with Crippen molar-refractivity contribution in [2.45, 2.75) is 31.7 Å². The van der Waals surface area contributed by atoms with Crippen LogP contribution in [0.5, 0.6) is 0 Å². The zero-order valence-corrected chi connectivity index (χ0v) is 12.8. The first kappa shape index (κ1) is 16.0. The molecular weight excluding hydrogens is 264 g/mol. The summed E-state index contributed by atoms with van der Waals surface area (Å²) in [5.41, 5.74) is 7.16. The Hall–Kier alpha value is -1.39. The van der Waals surface area contributed by atoms with Crippen LogP contribution in [0.3, 0.4) is 0 Å². The number of nitrogens with zero attached hydrogens (tertiary/aromatic N) is 1. The number of benzene rings is 1. The van der Waals surface area contributed by atoms with Crippen LogP contribution in [0.25, 0.3) is 0 Å². The summed E-state index contributed by atoms with van der Waals surface area (Å²) in [6.07, 6.45) is 3.86. The minimum atomic E-state index is -0.452. The van der Waals surface area contributed by atoms with Crippen molar-refractivity contribution >= 4 is 5.91 Å². The average molecular weight is 290 g/mol. The molecule has 1 atom stereocenters. The van der Waals surface area contributed by atoms with Crippen molar-refractivity contribution in [2.75, 3.05) is 26.8 Å². The van der Waals surface area contributed by atoms with Gasteiger partial charge in [0, 0.05) is 26.8 Å². The van der Waals surface area contributed by atoms with Gasteiger partial charge >= 0.3 is 0 Å². The summed E-state index contributed by atoms with van der Waals surface area (Å²) in [5.74, 6) is 0.713. The lowest BCUT2D eigenvalue weighted by molar-refractivity contribution is -0.131. The fourth-order valence-corrected chi connectivity index (χ4v) is 2.76. The Morgan fingerprint density at radius 1 is 1.33 bits per heavy atom. The molecule has 0 aliphatic carbocycles. The highest BCUT2D eigenvalue weighted by Crippen LogP contribution is 2.18. The Morgan fingerprint density at radius 3 is 2.67 bits per heavy atom. The topological polar surface area (TPSA) is 55.6 Å². The Kier molecular flexibility index (Phi) is 6.21. The number of nitrogens with two attached hydrogens (primary N) is 1. The second-order valence-electron chi connectivity index (χ2n) is 5.90. The van der Waals surface area contributed by atoms with E-state index in [0.717, 1.165) is 44.6 Å². The lowest BCUT2D eigenvalue weighted by Crippen LogP contribution is -2.43. The molecule has 1 aromatic rings. The second-order valence-corrected chi connectivity index (χ2v) is 5.90. The number of amides is 1. The van der Waals surface area contributed by atoms with Crippen LogP contribution in [-0.2, 0) is 16.0 Å². The van der Waals surface area contributed by atoms with Gasteiger partial charge in [-0.15, -0.1) is 0 Å². The van der Waals surface area contributed by atoms with Gasteiger partial charge in [-0.2, -0.15) is 0 Å². The molecule has 0 aromatic heterocycles. The zero-order chi connectivity index (χ0) is 15.1. The van der Waals surface area contributed by atoms with E-state index < -0.39 is 6.04 Å². The number of hydrogen-bond acceptors (Lipinski definition) is 3. The van der Waals surface area contributed by atoms with E-state index in [9.17, 15) is 4.79 Å². The number of carbonyl (C=O) groups excluding carboxylic acids is 1. The van der Waals surface area contributed by atoms with Gasteiger partial charge < -0.3 is 15.4 Å². The van der Waals surface area contributed by atoms with E-state index in [2.05, 4.69) is 0 Å². The second kappa shape index (κ2) is 8.15. The number of carbonyl (C=O) groups is 1. The van der Waals surface area contributed by atoms with Gasteiger partial charge in [-0.05, 0) is 37.2 Å². The first-order chi connectivity index (χ1) is 10.2. The Bertz CT molecular complexity index is 430. The van der Waals surface area contributed by atoms with Crippen LogP contribution >= 0.6 is 0 Å². The quantitative estimate of drug-likeness (QED) is 0.869. The molecule has 2 rings (SSSR count). The van der Waals surface area contributed by atoms with Crippen LogP contribution < -0.4 is 5.73 Å². The maximum atomic E-state index is 12.3. The molecule has 0 saturated carbocycles. The highest BCUT2D eigenvalue weighted by atomic mass is 16.5. The van der Waals surface area contributed by atoms with Crippen LogP contribution in [0, 0.1) is 5.92 Å². The van der Waals surface area contributed by atoms with Crippen molar-refractivity contribution in [2.24, 2.45) is 11.7 Å². The highest BCUT2D eigenvalue weighted by molar-refractivity contribution is 5.81. The van der Waals surface area contributed by atoms with Gasteiger partial charge in [0.2, 0.25) is 5.91 Å². The largest absolute Gasteiger partial charge is 0.381 e. The minimum absolute atomic E-state index is 0.0333. The molecule has 1 fully saturated rings. The fourth-order valence-electron chi connectivity index (χ4n) is 2.76. The van der Waals surface area contributed by atoms with Crippen LogP contribution in [-0.4, -0.2) is 43.7 Å². The van der Waals surface area contributed by atoms with Gasteiger partial charge in [-0.1, -0.05) is 30.3 Å². The molecule has 0 bridgehead atoms. The van der Waals surface area contributed by atoms with Gasteiger partial charge in [0.05, 0.1) is 6.04 Å². The summed E-state index contributed by atoms with van der Waals surface area (Å²) in [5, 5.41) is 0. The lowest BCUT2D eigenvalue weighted by atomic mass is 9.96. The molecule has 4 heteroatoms. The first-order valence-corrected chi connectivity index (χ1v) is 7.79. The molecule has 1 aliphatic heterocycles. The summed E-state index contributed by atoms with van der Waals surface area (Å²) in [7, 11) is 1.85. The molecule has 116 valence electrons. The number of rotatable bonds is 6. The van der Waals surface area contributed by atoms with Crippen molar-refractivity contribution in [3.63, 3.8) is 0 Å². The Morgan fingerprint density at radius 2 is 2.00 bits per heavy atom. The molecule has 1 aliphatic rings. The number of ether oxygens (including phenoxy) is 1. The molecule has 2 N–H and O–H groups in total. The molecule has 1 amide bonds. The zero-order valence-electron chi connectivity index (χ0n) is 12.8. The molecular formula is C17H26N2O2. The van der Waals surface area contributed by atoms with Crippen LogP contribution in [0.4, 0.5) is 0 Å². The third-order valence-electron chi connectivity index (χ3n) is 4.21. The minimum Gasteiger partial charge on any atom is -0.381 e. The first-order valence-electron chi connectivity index (χ1n) is 7.79.